The van der Waals surface area contributed by atoms with Crippen LogP contribution in [-0.4, -0.2) is 38.2 Å². The van der Waals surface area contributed by atoms with Crippen molar-refractivity contribution < 1.29 is 5.11 Å². The number of aliphatic hydroxyl groups is 1. The van der Waals surface area contributed by atoms with Crippen molar-refractivity contribution in [1.29, 1.82) is 0 Å². The number of aliphatic hydroxyl groups excluding tert-OH is 1. The molecule has 4 aromatic rings. The van der Waals surface area contributed by atoms with Crippen molar-refractivity contribution in [2.24, 2.45) is 0 Å². The molecule has 0 radical (unpaired) electrons. The fourth-order valence-corrected chi connectivity index (χ4v) is 3.68. The van der Waals surface area contributed by atoms with Crippen LogP contribution in [0.2, 0.25) is 0 Å². The number of thiazole rings is 1. The highest BCUT2D eigenvalue weighted by Gasteiger charge is 2.14. The van der Waals surface area contributed by atoms with Crippen molar-refractivity contribution in [3.63, 3.8) is 0 Å². The second kappa shape index (κ2) is 8.28. The number of H-pyrrole nitrogens is 1. The minimum atomic E-state index is -0.175. The lowest BCUT2D eigenvalue weighted by Gasteiger charge is -2.06. The van der Waals surface area contributed by atoms with Crippen LogP contribution >= 0.6 is 11.3 Å². The average Bonchev–Trinajstić information content (AvgIpc) is 3.20. The third kappa shape index (κ3) is 3.92. The Morgan fingerprint density at radius 3 is 2.79 bits per heavy atom. The number of aryl methyl sites for hydroxylation is 2. The molecular weight excluding hydrogens is 374 g/mol. The molecule has 0 aliphatic heterocycles. The number of benzene rings is 1. The summed E-state index contributed by atoms with van der Waals surface area (Å²) in [4.78, 5) is 29.1. The molecule has 3 N–H and O–H groups in total. The molecule has 142 valence electrons. The molecule has 0 fully saturated rings. The predicted octanol–water partition coefficient (Wildman–Crippen LogP) is 2.63. The van der Waals surface area contributed by atoms with Crippen LogP contribution < -0.4 is 10.9 Å². The van der Waals surface area contributed by atoms with E-state index in [4.69, 9.17) is 5.11 Å². The highest BCUT2D eigenvalue weighted by atomic mass is 32.1. The lowest BCUT2D eigenvalue weighted by molar-refractivity contribution is 0.311. The van der Waals surface area contributed by atoms with Gasteiger partial charge in [0.15, 0.2) is 5.13 Å². The average molecular weight is 393 g/mol. The Bertz CT molecular complexity index is 1140. The quantitative estimate of drug-likeness (QED) is 0.446. The molecular formula is C20H19N5O2S. The molecule has 0 saturated heterocycles. The highest BCUT2D eigenvalue weighted by molar-refractivity contribution is 7.14. The van der Waals surface area contributed by atoms with E-state index in [1.807, 2.05) is 23.6 Å². The second-order valence-corrected chi connectivity index (χ2v) is 7.10. The minimum absolute atomic E-state index is 0.0309. The van der Waals surface area contributed by atoms with E-state index in [1.54, 1.807) is 12.3 Å². The molecule has 8 heteroatoms. The first-order valence-electron chi connectivity index (χ1n) is 8.97. The van der Waals surface area contributed by atoms with E-state index in [2.05, 4.69) is 37.4 Å². The SMILES string of the molecule is O=c1[nH]c(CCc2ccccc2)nc2c(-c3csc(NCCO)n3)nccc12. The van der Waals surface area contributed by atoms with E-state index < -0.39 is 0 Å². The minimum Gasteiger partial charge on any atom is -0.395 e. The van der Waals surface area contributed by atoms with Crippen molar-refractivity contribution in [1.82, 2.24) is 19.9 Å². The maximum atomic E-state index is 12.6. The zero-order valence-electron chi connectivity index (χ0n) is 15.1. The molecule has 0 unspecified atom stereocenters. The first-order valence-corrected chi connectivity index (χ1v) is 9.85. The molecule has 0 atom stereocenters. The number of aromatic nitrogens is 4. The van der Waals surface area contributed by atoms with E-state index in [0.29, 0.717) is 46.2 Å². The summed E-state index contributed by atoms with van der Waals surface area (Å²) in [5.41, 5.74) is 2.80. The highest BCUT2D eigenvalue weighted by Crippen LogP contribution is 2.27. The molecule has 28 heavy (non-hydrogen) atoms. The van der Waals surface area contributed by atoms with Gasteiger partial charge >= 0.3 is 0 Å². The van der Waals surface area contributed by atoms with Gasteiger partial charge in [0, 0.05) is 24.5 Å². The summed E-state index contributed by atoms with van der Waals surface area (Å²) >= 11 is 1.42. The van der Waals surface area contributed by atoms with E-state index in [0.717, 1.165) is 6.42 Å². The molecule has 0 bridgehead atoms. The molecule has 4 rings (SSSR count). The van der Waals surface area contributed by atoms with Gasteiger partial charge in [-0.1, -0.05) is 30.3 Å². The Labute approximate surface area is 165 Å². The fourth-order valence-electron chi connectivity index (χ4n) is 2.95. The van der Waals surface area contributed by atoms with E-state index in [-0.39, 0.29) is 12.2 Å². The van der Waals surface area contributed by atoms with E-state index in [9.17, 15) is 4.79 Å². The van der Waals surface area contributed by atoms with Gasteiger partial charge in [-0.2, -0.15) is 0 Å². The zero-order chi connectivity index (χ0) is 19.3. The fraction of sp³-hybridized carbons (Fsp3) is 0.200. The molecule has 0 amide bonds. The third-order valence-electron chi connectivity index (χ3n) is 4.30. The van der Waals surface area contributed by atoms with Gasteiger partial charge in [-0.05, 0) is 18.1 Å². The van der Waals surface area contributed by atoms with Gasteiger partial charge in [0.25, 0.3) is 5.56 Å². The number of rotatable bonds is 7. The van der Waals surface area contributed by atoms with Gasteiger partial charge in [0.2, 0.25) is 0 Å². The van der Waals surface area contributed by atoms with Crippen LogP contribution in [0, 0.1) is 0 Å². The Hall–Kier alpha value is -3.10. The summed E-state index contributed by atoms with van der Waals surface area (Å²) < 4.78 is 0. The number of fused-ring (bicyclic) bond motifs is 1. The van der Waals surface area contributed by atoms with Gasteiger partial charge in [0.05, 0.1) is 12.0 Å². The maximum Gasteiger partial charge on any atom is 0.258 e. The maximum absolute atomic E-state index is 12.6. The van der Waals surface area contributed by atoms with E-state index in [1.165, 1.54) is 16.9 Å². The van der Waals surface area contributed by atoms with Crippen LogP contribution in [0.25, 0.3) is 22.3 Å². The third-order valence-corrected chi connectivity index (χ3v) is 5.10. The monoisotopic (exact) mass is 393 g/mol. The summed E-state index contributed by atoms with van der Waals surface area (Å²) in [5, 5.41) is 15.0. The molecule has 0 aliphatic rings. The van der Waals surface area contributed by atoms with Gasteiger partial charge in [0.1, 0.15) is 22.7 Å². The van der Waals surface area contributed by atoms with Gasteiger partial charge in [-0.15, -0.1) is 11.3 Å². The summed E-state index contributed by atoms with van der Waals surface area (Å²) in [6.45, 7) is 0.459. The predicted molar refractivity (Wildman–Crippen MR) is 111 cm³/mol. The molecule has 3 aromatic heterocycles. The standard InChI is InChI=1S/C20H19N5O2S/c26-11-10-22-20-23-15(12-28-20)18-17-14(8-9-21-18)19(27)25-16(24-17)7-6-13-4-2-1-3-5-13/h1-5,8-9,12,26H,6-7,10-11H2,(H,22,23)(H,24,25,27). The van der Waals surface area contributed by atoms with Crippen LogP contribution in [0.1, 0.15) is 11.4 Å². The number of anilines is 1. The lowest BCUT2D eigenvalue weighted by Crippen LogP contribution is -2.13. The normalized spacial score (nSPS) is 11.0. The Morgan fingerprint density at radius 2 is 1.96 bits per heavy atom. The van der Waals surface area contributed by atoms with E-state index >= 15 is 0 Å². The summed E-state index contributed by atoms with van der Waals surface area (Å²) in [6, 6.07) is 11.8. The van der Waals surface area contributed by atoms with Crippen LogP contribution in [-0.2, 0) is 12.8 Å². The molecule has 3 heterocycles. The summed E-state index contributed by atoms with van der Waals surface area (Å²) in [6.07, 6.45) is 3.01. The number of pyridine rings is 1. The molecule has 1 aromatic carbocycles. The second-order valence-electron chi connectivity index (χ2n) is 6.24. The van der Waals surface area contributed by atoms with Crippen LogP contribution in [0.15, 0.2) is 52.8 Å². The topological polar surface area (TPSA) is 104 Å². The lowest BCUT2D eigenvalue weighted by atomic mass is 10.1. The number of nitrogens with one attached hydrogen (secondary N) is 2. The van der Waals surface area contributed by atoms with Gasteiger partial charge in [-0.25, -0.2) is 9.97 Å². The number of aromatic amines is 1. The zero-order valence-corrected chi connectivity index (χ0v) is 15.9. The Kier molecular flexibility index (Phi) is 5.41. The van der Waals surface area contributed by atoms with Crippen molar-refractivity contribution >= 4 is 27.4 Å². The van der Waals surface area contributed by atoms with Gasteiger partial charge < -0.3 is 15.4 Å². The Morgan fingerprint density at radius 1 is 1.11 bits per heavy atom. The van der Waals surface area contributed by atoms with Crippen LogP contribution in [0.3, 0.4) is 0 Å². The first kappa shape index (κ1) is 18.3. The largest absolute Gasteiger partial charge is 0.395 e. The Balaban J connectivity index is 1.68. The molecule has 7 nitrogen and oxygen atoms in total. The smallest absolute Gasteiger partial charge is 0.258 e. The van der Waals surface area contributed by atoms with Crippen molar-refractivity contribution in [3.05, 3.63) is 69.7 Å². The number of hydrogen-bond acceptors (Lipinski definition) is 7. The molecule has 0 spiro atoms. The molecule has 0 saturated carbocycles. The number of hydrogen-bond donors (Lipinski definition) is 3. The van der Waals surface area contributed by atoms with Gasteiger partial charge in [-0.3, -0.25) is 9.78 Å². The van der Waals surface area contributed by atoms with Crippen LogP contribution in [0.4, 0.5) is 5.13 Å². The first-order chi connectivity index (χ1) is 13.7. The summed E-state index contributed by atoms with van der Waals surface area (Å²) in [7, 11) is 0. The van der Waals surface area contributed by atoms with Crippen molar-refractivity contribution in [2.45, 2.75) is 12.8 Å². The van der Waals surface area contributed by atoms with Crippen molar-refractivity contribution in [3.8, 4) is 11.4 Å². The van der Waals surface area contributed by atoms with Crippen molar-refractivity contribution in [2.75, 3.05) is 18.5 Å². The summed E-state index contributed by atoms with van der Waals surface area (Å²) in [5.74, 6) is 0.629. The molecule has 0 aliphatic carbocycles. The number of nitrogens with zero attached hydrogens (tertiary/aromatic N) is 3. The van der Waals surface area contributed by atoms with Crippen LogP contribution in [0.5, 0.6) is 0 Å².